The summed E-state index contributed by atoms with van der Waals surface area (Å²) < 4.78 is 11.0. The molecule has 1 atom stereocenters. The van der Waals surface area contributed by atoms with Crippen LogP contribution in [0.15, 0.2) is 18.2 Å². The van der Waals surface area contributed by atoms with Gasteiger partial charge in [0.1, 0.15) is 5.75 Å². The van der Waals surface area contributed by atoms with Crippen molar-refractivity contribution in [3.8, 4) is 5.75 Å². The average Bonchev–Trinajstić information content (AvgIpc) is 2.56. The van der Waals surface area contributed by atoms with Crippen LogP contribution in [-0.4, -0.2) is 62.2 Å². The van der Waals surface area contributed by atoms with Gasteiger partial charge in [0.05, 0.1) is 18.9 Å². The second kappa shape index (κ2) is 7.19. The number of carbonyl (C=O) groups is 2. The standard InChI is InChI=1S/C17H23N3O4/c1-12-17(22)20(6-5-19-7-9-23-10-8-19)15-11-14(18-13(2)21)3-4-16(15)24-12/h3-4,11-12H,5-10H2,1-2H3,(H,18,21). The molecule has 0 aromatic heterocycles. The van der Waals surface area contributed by atoms with E-state index in [1.165, 1.54) is 6.92 Å². The van der Waals surface area contributed by atoms with Crippen molar-refractivity contribution in [3.05, 3.63) is 18.2 Å². The van der Waals surface area contributed by atoms with E-state index < -0.39 is 6.10 Å². The lowest BCUT2D eigenvalue weighted by Crippen LogP contribution is -2.48. The molecular weight excluding hydrogens is 310 g/mol. The predicted molar refractivity (Wildman–Crippen MR) is 90.4 cm³/mol. The van der Waals surface area contributed by atoms with Crippen LogP contribution in [-0.2, 0) is 14.3 Å². The largest absolute Gasteiger partial charge is 0.479 e. The van der Waals surface area contributed by atoms with Crippen molar-refractivity contribution < 1.29 is 19.1 Å². The monoisotopic (exact) mass is 333 g/mol. The van der Waals surface area contributed by atoms with Crippen LogP contribution >= 0.6 is 0 Å². The van der Waals surface area contributed by atoms with Gasteiger partial charge in [-0.2, -0.15) is 0 Å². The van der Waals surface area contributed by atoms with Crippen molar-refractivity contribution in [2.24, 2.45) is 0 Å². The fraction of sp³-hybridized carbons (Fsp3) is 0.529. The number of benzene rings is 1. The molecule has 0 spiro atoms. The van der Waals surface area contributed by atoms with Crippen LogP contribution in [0.25, 0.3) is 0 Å². The summed E-state index contributed by atoms with van der Waals surface area (Å²) in [6, 6.07) is 5.37. The Bertz CT molecular complexity index is 628. The molecule has 2 aliphatic rings. The molecule has 1 saturated heterocycles. The molecule has 0 bridgehead atoms. The van der Waals surface area contributed by atoms with Gasteiger partial charge in [-0.1, -0.05) is 0 Å². The lowest BCUT2D eigenvalue weighted by Gasteiger charge is -2.35. The minimum Gasteiger partial charge on any atom is -0.479 e. The number of fused-ring (bicyclic) bond motifs is 1. The summed E-state index contributed by atoms with van der Waals surface area (Å²) in [6.07, 6.45) is -0.506. The zero-order valence-corrected chi connectivity index (χ0v) is 14.1. The van der Waals surface area contributed by atoms with E-state index in [4.69, 9.17) is 9.47 Å². The van der Waals surface area contributed by atoms with Crippen LogP contribution in [0.2, 0.25) is 0 Å². The molecule has 24 heavy (non-hydrogen) atoms. The fourth-order valence-corrected chi connectivity index (χ4v) is 2.98. The number of anilines is 2. The predicted octanol–water partition coefficient (Wildman–Crippen LogP) is 1.09. The average molecular weight is 333 g/mol. The van der Waals surface area contributed by atoms with Crippen LogP contribution in [0, 0.1) is 0 Å². The maximum Gasteiger partial charge on any atom is 0.267 e. The summed E-state index contributed by atoms with van der Waals surface area (Å²) in [4.78, 5) is 27.9. The lowest BCUT2D eigenvalue weighted by atomic mass is 10.1. The third-order valence-corrected chi connectivity index (χ3v) is 4.23. The molecule has 1 unspecified atom stereocenters. The number of hydrogen-bond acceptors (Lipinski definition) is 5. The Morgan fingerprint density at radius 2 is 2.04 bits per heavy atom. The maximum absolute atomic E-state index is 12.6. The summed E-state index contributed by atoms with van der Waals surface area (Å²) in [5.41, 5.74) is 1.36. The van der Waals surface area contributed by atoms with E-state index in [1.807, 2.05) is 0 Å². The third-order valence-electron chi connectivity index (χ3n) is 4.23. The lowest BCUT2D eigenvalue weighted by molar-refractivity contribution is -0.125. The van der Waals surface area contributed by atoms with Gasteiger partial charge in [-0.05, 0) is 25.1 Å². The molecule has 7 heteroatoms. The number of hydrogen-bond donors (Lipinski definition) is 1. The van der Waals surface area contributed by atoms with Gasteiger partial charge in [-0.25, -0.2) is 0 Å². The van der Waals surface area contributed by atoms with Crippen molar-refractivity contribution in [3.63, 3.8) is 0 Å². The fourth-order valence-electron chi connectivity index (χ4n) is 2.98. The zero-order chi connectivity index (χ0) is 17.1. The highest BCUT2D eigenvalue weighted by molar-refractivity contribution is 6.01. The van der Waals surface area contributed by atoms with E-state index in [0.717, 1.165) is 32.8 Å². The van der Waals surface area contributed by atoms with Gasteiger partial charge in [0.25, 0.3) is 5.91 Å². The van der Waals surface area contributed by atoms with Gasteiger partial charge >= 0.3 is 0 Å². The number of nitrogens with zero attached hydrogens (tertiary/aromatic N) is 2. The number of morpholine rings is 1. The summed E-state index contributed by atoms with van der Waals surface area (Å²) in [5.74, 6) is 0.458. The molecular formula is C17H23N3O4. The Balaban J connectivity index is 1.79. The smallest absolute Gasteiger partial charge is 0.267 e. The highest BCUT2D eigenvalue weighted by Gasteiger charge is 2.32. The highest BCUT2D eigenvalue weighted by atomic mass is 16.5. The molecule has 2 aliphatic heterocycles. The molecule has 2 amide bonds. The van der Waals surface area contributed by atoms with Crippen molar-refractivity contribution in [1.82, 2.24) is 4.90 Å². The van der Waals surface area contributed by atoms with Gasteiger partial charge in [-0.15, -0.1) is 0 Å². The summed E-state index contributed by atoms with van der Waals surface area (Å²) in [5, 5.41) is 2.75. The second-order valence-corrected chi connectivity index (χ2v) is 6.07. The molecule has 0 saturated carbocycles. The first-order chi connectivity index (χ1) is 11.5. The van der Waals surface area contributed by atoms with Gasteiger partial charge in [-0.3, -0.25) is 14.5 Å². The normalized spacial score (nSPS) is 21.2. The molecule has 1 aromatic carbocycles. The van der Waals surface area contributed by atoms with Crippen LogP contribution in [0.3, 0.4) is 0 Å². The molecule has 2 heterocycles. The van der Waals surface area contributed by atoms with Crippen LogP contribution in [0.1, 0.15) is 13.8 Å². The number of amides is 2. The van der Waals surface area contributed by atoms with Crippen molar-refractivity contribution in [2.45, 2.75) is 20.0 Å². The Morgan fingerprint density at radius 3 is 2.75 bits per heavy atom. The van der Waals surface area contributed by atoms with E-state index in [-0.39, 0.29) is 11.8 Å². The Labute approximate surface area is 141 Å². The Morgan fingerprint density at radius 1 is 1.29 bits per heavy atom. The minimum atomic E-state index is -0.506. The minimum absolute atomic E-state index is 0.0595. The molecule has 130 valence electrons. The Kier molecular flexibility index (Phi) is 5.01. The Hall–Kier alpha value is -2.12. The zero-order valence-electron chi connectivity index (χ0n) is 14.1. The first-order valence-corrected chi connectivity index (χ1v) is 8.24. The van der Waals surface area contributed by atoms with Gasteiger partial charge in [0.2, 0.25) is 5.91 Å². The summed E-state index contributed by atoms with van der Waals surface area (Å²) >= 11 is 0. The number of carbonyl (C=O) groups excluding carboxylic acids is 2. The van der Waals surface area contributed by atoms with E-state index in [2.05, 4.69) is 10.2 Å². The van der Waals surface area contributed by atoms with Crippen molar-refractivity contribution in [2.75, 3.05) is 49.6 Å². The quantitative estimate of drug-likeness (QED) is 0.893. The second-order valence-electron chi connectivity index (χ2n) is 6.07. The number of nitrogens with one attached hydrogen (secondary N) is 1. The topological polar surface area (TPSA) is 71.1 Å². The number of ether oxygens (including phenoxy) is 2. The first-order valence-electron chi connectivity index (χ1n) is 8.24. The van der Waals surface area contributed by atoms with E-state index >= 15 is 0 Å². The maximum atomic E-state index is 12.6. The summed E-state index contributed by atoms with van der Waals surface area (Å²) in [6.45, 7) is 7.82. The van der Waals surface area contributed by atoms with E-state index in [1.54, 1.807) is 30.0 Å². The van der Waals surface area contributed by atoms with Crippen LogP contribution < -0.4 is 15.0 Å². The van der Waals surface area contributed by atoms with Gasteiger partial charge in [0, 0.05) is 38.8 Å². The third kappa shape index (κ3) is 3.68. The van der Waals surface area contributed by atoms with Crippen molar-refractivity contribution in [1.29, 1.82) is 0 Å². The van der Waals surface area contributed by atoms with Crippen LogP contribution in [0.4, 0.5) is 11.4 Å². The van der Waals surface area contributed by atoms with Crippen LogP contribution in [0.5, 0.6) is 5.75 Å². The highest BCUT2D eigenvalue weighted by Crippen LogP contribution is 2.36. The molecule has 0 aliphatic carbocycles. The van der Waals surface area contributed by atoms with Gasteiger partial charge < -0.3 is 19.7 Å². The van der Waals surface area contributed by atoms with Gasteiger partial charge in [0.15, 0.2) is 6.10 Å². The molecule has 0 radical (unpaired) electrons. The molecule has 7 nitrogen and oxygen atoms in total. The van der Waals surface area contributed by atoms with Crippen molar-refractivity contribution >= 4 is 23.2 Å². The molecule has 1 fully saturated rings. The first kappa shape index (κ1) is 16.7. The SMILES string of the molecule is CC(=O)Nc1ccc2c(c1)N(CCN1CCOCC1)C(=O)C(C)O2. The molecule has 1 N–H and O–H groups in total. The molecule has 1 aromatic rings. The van der Waals surface area contributed by atoms with E-state index in [0.29, 0.717) is 23.7 Å². The number of rotatable bonds is 4. The summed E-state index contributed by atoms with van der Waals surface area (Å²) in [7, 11) is 0. The molecule has 3 rings (SSSR count). The van der Waals surface area contributed by atoms with E-state index in [9.17, 15) is 9.59 Å².